The first kappa shape index (κ1) is 6.58. The Kier molecular flexibility index (Phi) is 2.54. The van der Waals surface area contributed by atoms with E-state index in [1.54, 1.807) is 18.4 Å². The van der Waals surface area contributed by atoms with E-state index in [0.29, 0.717) is 6.79 Å². The van der Waals surface area contributed by atoms with Crippen LogP contribution < -0.4 is 4.74 Å². The number of methoxy groups -OCH3 is 1. The van der Waals surface area contributed by atoms with E-state index < -0.39 is 0 Å². The molecule has 3 heteroatoms. The standard InChI is InChI=1S/C6H8O2S/c1-7-5-8-6-3-2-4-9-6/h2-4H,5H2,1H3. The first-order valence-corrected chi connectivity index (χ1v) is 3.46. The maximum atomic E-state index is 5.09. The molecule has 0 bridgehead atoms. The zero-order chi connectivity index (χ0) is 6.53. The van der Waals surface area contributed by atoms with Crippen LogP contribution in [0.3, 0.4) is 0 Å². The maximum absolute atomic E-state index is 5.09. The molecule has 0 aliphatic carbocycles. The molecule has 2 nitrogen and oxygen atoms in total. The summed E-state index contributed by atoms with van der Waals surface area (Å²) in [6.07, 6.45) is 0. The Hall–Kier alpha value is -0.540. The molecular weight excluding hydrogens is 136 g/mol. The zero-order valence-electron chi connectivity index (χ0n) is 5.16. The Morgan fingerprint density at radius 1 is 1.67 bits per heavy atom. The molecule has 0 atom stereocenters. The number of ether oxygens (including phenoxy) is 2. The Bertz CT molecular complexity index is 148. The van der Waals surface area contributed by atoms with E-state index in [2.05, 4.69) is 0 Å². The largest absolute Gasteiger partial charge is 0.458 e. The lowest BCUT2D eigenvalue weighted by atomic mass is 10.7. The average Bonchev–Trinajstić information content (AvgIpc) is 2.34. The van der Waals surface area contributed by atoms with Crippen molar-refractivity contribution >= 4 is 11.3 Å². The second kappa shape index (κ2) is 3.48. The van der Waals surface area contributed by atoms with Crippen LogP contribution in [-0.2, 0) is 4.74 Å². The van der Waals surface area contributed by atoms with Gasteiger partial charge in [0, 0.05) is 7.11 Å². The number of hydrogen-bond donors (Lipinski definition) is 0. The van der Waals surface area contributed by atoms with E-state index in [1.807, 2.05) is 17.5 Å². The van der Waals surface area contributed by atoms with Crippen LogP contribution in [-0.4, -0.2) is 13.9 Å². The molecule has 0 aliphatic heterocycles. The zero-order valence-corrected chi connectivity index (χ0v) is 5.98. The van der Waals surface area contributed by atoms with Gasteiger partial charge in [0.05, 0.1) is 0 Å². The van der Waals surface area contributed by atoms with Gasteiger partial charge in [-0.2, -0.15) is 0 Å². The molecule has 0 saturated carbocycles. The Balaban J connectivity index is 2.30. The highest BCUT2D eigenvalue weighted by Crippen LogP contribution is 2.17. The van der Waals surface area contributed by atoms with E-state index in [4.69, 9.17) is 9.47 Å². The van der Waals surface area contributed by atoms with E-state index in [9.17, 15) is 0 Å². The first-order valence-electron chi connectivity index (χ1n) is 2.58. The fourth-order valence-electron chi connectivity index (χ4n) is 0.463. The second-order valence-corrected chi connectivity index (χ2v) is 2.39. The lowest BCUT2D eigenvalue weighted by Gasteiger charge is -1.97. The van der Waals surface area contributed by atoms with Crippen molar-refractivity contribution in [3.8, 4) is 5.06 Å². The van der Waals surface area contributed by atoms with Gasteiger partial charge in [0.2, 0.25) is 0 Å². The van der Waals surface area contributed by atoms with Crippen LogP contribution >= 0.6 is 11.3 Å². The Morgan fingerprint density at radius 3 is 3.11 bits per heavy atom. The van der Waals surface area contributed by atoms with Crippen LogP contribution in [0, 0.1) is 0 Å². The van der Waals surface area contributed by atoms with Crippen molar-refractivity contribution in [3.05, 3.63) is 17.5 Å². The molecule has 0 saturated heterocycles. The predicted molar refractivity (Wildman–Crippen MR) is 36.8 cm³/mol. The van der Waals surface area contributed by atoms with Gasteiger partial charge in [0.25, 0.3) is 0 Å². The molecule has 0 aliphatic rings. The summed E-state index contributed by atoms with van der Waals surface area (Å²) in [7, 11) is 1.60. The van der Waals surface area contributed by atoms with E-state index in [0.717, 1.165) is 5.06 Å². The van der Waals surface area contributed by atoms with Crippen LogP contribution in [0.4, 0.5) is 0 Å². The number of rotatable bonds is 3. The highest BCUT2D eigenvalue weighted by molar-refractivity contribution is 7.11. The van der Waals surface area contributed by atoms with Gasteiger partial charge in [-0.25, -0.2) is 0 Å². The van der Waals surface area contributed by atoms with Crippen LogP contribution in [0.1, 0.15) is 0 Å². The molecule has 0 N–H and O–H groups in total. The monoisotopic (exact) mass is 144 g/mol. The maximum Gasteiger partial charge on any atom is 0.189 e. The van der Waals surface area contributed by atoms with Gasteiger partial charge in [0.1, 0.15) is 0 Å². The van der Waals surface area contributed by atoms with Gasteiger partial charge < -0.3 is 9.47 Å². The van der Waals surface area contributed by atoms with E-state index in [1.165, 1.54) is 0 Å². The van der Waals surface area contributed by atoms with Crippen LogP contribution in [0.15, 0.2) is 17.5 Å². The van der Waals surface area contributed by atoms with Crippen LogP contribution in [0.2, 0.25) is 0 Å². The molecule has 1 heterocycles. The van der Waals surface area contributed by atoms with Crippen molar-refractivity contribution in [2.24, 2.45) is 0 Å². The molecule has 0 amide bonds. The minimum atomic E-state index is 0.334. The summed E-state index contributed by atoms with van der Waals surface area (Å²) in [6, 6.07) is 3.85. The van der Waals surface area contributed by atoms with Crippen molar-refractivity contribution in [1.29, 1.82) is 0 Å². The highest BCUT2D eigenvalue weighted by Gasteiger charge is 1.89. The summed E-state index contributed by atoms with van der Waals surface area (Å²) in [6.45, 7) is 0.334. The van der Waals surface area contributed by atoms with Gasteiger partial charge in [-0.3, -0.25) is 0 Å². The average molecular weight is 144 g/mol. The van der Waals surface area contributed by atoms with Crippen molar-refractivity contribution < 1.29 is 9.47 Å². The third-order valence-electron chi connectivity index (χ3n) is 0.814. The third kappa shape index (κ3) is 2.03. The first-order chi connectivity index (χ1) is 4.43. The summed E-state index contributed by atoms with van der Waals surface area (Å²) in [5.41, 5.74) is 0. The topological polar surface area (TPSA) is 18.5 Å². The van der Waals surface area contributed by atoms with E-state index in [-0.39, 0.29) is 0 Å². The van der Waals surface area contributed by atoms with Gasteiger partial charge in [-0.05, 0) is 17.5 Å². The number of thiophene rings is 1. The second-order valence-electron chi connectivity index (χ2n) is 1.48. The van der Waals surface area contributed by atoms with E-state index >= 15 is 0 Å². The molecule has 0 unspecified atom stereocenters. The molecule has 1 aromatic rings. The number of hydrogen-bond acceptors (Lipinski definition) is 3. The summed E-state index contributed by atoms with van der Waals surface area (Å²) >= 11 is 1.56. The highest BCUT2D eigenvalue weighted by atomic mass is 32.1. The molecule has 9 heavy (non-hydrogen) atoms. The minimum absolute atomic E-state index is 0.334. The summed E-state index contributed by atoms with van der Waals surface area (Å²) in [5.74, 6) is 0. The minimum Gasteiger partial charge on any atom is -0.458 e. The molecule has 0 radical (unpaired) electrons. The Morgan fingerprint density at radius 2 is 2.56 bits per heavy atom. The fourth-order valence-corrected chi connectivity index (χ4v) is 1.03. The van der Waals surface area contributed by atoms with Gasteiger partial charge >= 0.3 is 0 Å². The lowest BCUT2D eigenvalue weighted by Crippen LogP contribution is -1.96. The van der Waals surface area contributed by atoms with Crippen molar-refractivity contribution in [1.82, 2.24) is 0 Å². The molecule has 1 rings (SSSR count). The quantitative estimate of drug-likeness (QED) is 0.601. The predicted octanol–water partition coefficient (Wildman–Crippen LogP) is 1.73. The lowest BCUT2D eigenvalue weighted by molar-refractivity contribution is 0.0539. The Labute approximate surface area is 58.0 Å². The normalized spacial score (nSPS) is 9.44. The van der Waals surface area contributed by atoms with Gasteiger partial charge in [-0.1, -0.05) is 0 Å². The third-order valence-corrected chi connectivity index (χ3v) is 1.59. The fraction of sp³-hybridized carbons (Fsp3) is 0.333. The van der Waals surface area contributed by atoms with Crippen molar-refractivity contribution in [2.75, 3.05) is 13.9 Å². The SMILES string of the molecule is COCOc1cccs1. The van der Waals surface area contributed by atoms with Crippen LogP contribution in [0.5, 0.6) is 5.06 Å². The molecule has 50 valence electrons. The van der Waals surface area contributed by atoms with Gasteiger partial charge in [-0.15, -0.1) is 11.3 Å². The molecule has 0 spiro atoms. The summed E-state index contributed by atoms with van der Waals surface area (Å²) in [4.78, 5) is 0. The van der Waals surface area contributed by atoms with Crippen molar-refractivity contribution in [2.45, 2.75) is 0 Å². The molecule has 0 fully saturated rings. The van der Waals surface area contributed by atoms with Crippen molar-refractivity contribution in [3.63, 3.8) is 0 Å². The molecular formula is C6H8O2S. The molecule has 1 aromatic heterocycles. The van der Waals surface area contributed by atoms with Crippen LogP contribution in [0.25, 0.3) is 0 Å². The van der Waals surface area contributed by atoms with Gasteiger partial charge in [0.15, 0.2) is 11.9 Å². The summed E-state index contributed by atoms with van der Waals surface area (Å²) < 4.78 is 9.79. The summed E-state index contributed by atoms with van der Waals surface area (Å²) in [5, 5.41) is 2.86. The molecule has 0 aromatic carbocycles. The smallest absolute Gasteiger partial charge is 0.189 e.